The van der Waals surface area contributed by atoms with E-state index >= 15 is 0 Å². The number of carbonyl (C=O) groups is 1. The smallest absolute Gasteiger partial charge is 0.408 e. The highest BCUT2D eigenvalue weighted by Gasteiger charge is 2.47. The molecule has 0 spiro atoms. The number of amides is 1. The van der Waals surface area contributed by atoms with Gasteiger partial charge in [0.1, 0.15) is 11.8 Å². The van der Waals surface area contributed by atoms with E-state index in [1.165, 1.54) is 6.92 Å². The monoisotopic (exact) mass is 344 g/mol. The Hall–Kier alpha value is -1.76. The van der Waals surface area contributed by atoms with Crippen LogP contribution in [0.2, 0.25) is 0 Å². The Bertz CT molecular complexity index is 563. The quantitative estimate of drug-likeness (QED) is 0.892. The molecular weight excluding hydrogens is 321 g/mol. The van der Waals surface area contributed by atoms with E-state index in [1.54, 1.807) is 0 Å². The lowest BCUT2D eigenvalue weighted by Crippen LogP contribution is -2.57. The minimum absolute atomic E-state index is 0.0658. The first-order valence-electron chi connectivity index (χ1n) is 8.11. The van der Waals surface area contributed by atoms with Crippen molar-refractivity contribution < 1.29 is 22.7 Å². The fraction of sp³-hybridized carbons (Fsp3) is 0.588. The van der Waals surface area contributed by atoms with E-state index in [2.05, 4.69) is 5.32 Å². The molecule has 0 bridgehead atoms. The molecule has 1 N–H and O–H groups in total. The van der Waals surface area contributed by atoms with Crippen LogP contribution in [0.3, 0.4) is 0 Å². The lowest BCUT2D eigenvalue weighted by atomic mass is 9.97. The van der Waals surface area contributed by atoms with Gasteiger partial charge in [0.15, 0.2) is 0 Å². The zero-order valence-electron chi connectivity index (χ0n) is 13.9. The van der Waals surface area contributed by atoms with Crippen LogP contribution in [0.4, 0.5) is 13.2 Å². The summed E-state index contributed by atoms with van der Waals surface area (Å²) in [5.74, 6) is 0.221. The van der Waals surface area contributed by atoms with E-state index in [0.29, 0.717) is 19.6 Å². The van der Waals surface area contributed by atoms with Crippen LogP contribution in [0.5, 0.6) is 5.75 Å². The van der Waals surface area contributed by atoms with E-state index in [1.807, 2.05) is 31.2 Å². The second-order valence-electron chi connectivity index (χ2n) is 5.92. The van der Waals surface area contributed by atoms with Crippen LogP contribution >= 0.6 is 0 Å². The number of halogens is 3. The standard InChI is InChI=1S/C17H23F3N2O2/c1-3-24-15-7-5-4-6-13(15)10-21-14-8-9-16(17(18,19)20)22(11-14)12(2)23/h4-7,14,16,21H,3,8-11H2,1-2H3. The van der Waals surface area contributed by atoms with Crippen LogP contribution in [0.1, 0.15) is 32.3 Å². The van der Waals surface area contributed by atoms with Gasteiger partial charge in [-0.05, 0) is 25.8 Å². The average Bonchev–Trinajstić information content (AvgIpc) is 2.53. The molecule has 24 heavy (non-hydrogen) atoms. The van der Waals surface area contributed by atoms with Crippen LogP contribution in [0.25, 0.3) is 0 Å². The van der Waals surface area contributed by atoms with Gasteiger partial charge in [-0.3, -0.25) is 4.79 Å². The largest absolute Gasteiger partial charge is 0.494 e. The van der Waals surface area contributed by atoms with E-state index in [4.69, 9.17) is 4.74 Å². The van der Waals surface area contributed by atoms with Crippen molar-refractivity contribution >= 4 is 5.91 Å². The number of para-hydroxylation sites is 1. The summed E-state index contributed by atoms with van der Waals surface area (Å²) in [7, 11) is 0. The number of nitrogens with one attached hydrogen (secondary N) is 1. The molecule has 7 heteroatoms. The van der Waals surface area contributed by atoms with Gasteiger partial charge in [-0.15, -0.1) is 0 Å². The normalized spacial score (nSPS) is 21.6. The van der Waals surface area contributed by atoms with Gasteiger partial charge >= 0.3 is 6.18 Å². The van der Waals surface area contributed by atoms with Gasteiger partial charge in [-0.25, -0.2) is 0 Å². The van der Waals surface area contributed by atoms with Gasteiger partial charge in [-0.1, -0.05) is 18.2 Å². The third-order valence-corrected chi connectivity index (χ3v) is 4.22. The van der Waals surface area contributed by atoms with Crippen molar-refractivity contribution in [1.29, 1.82) is 0 Å². The van der Waals surface area contributed by atoms with Crippen molar-refractivity contribution in [2.45, 2.75) is 51.5 Å². The Labute approximate surface area is 140 Å². The third-order valence-electron chi connectivity index (χ3n) is 4.22. The number of carbonyl (C=O) groups excluding carboxylic acids is 1. The molecule has 0 aromatic heterocycles. The highest BCUT2D eigenvalue weighted by molar-refractivity contribution is 5.74. The average molecular weight is 344 g/mol. The predicted molar refractivity (Wildman–Crippen MR) is 84.7 cm³/mol. The summed E-state index contributed by atoms with van der Waals surface area (Å²) in [6, 6.07) is 5.71. The molecule has 134 valence electrons. The van der Waals surface area contributed by atoms with Crippen LogP contribution in [-0.4, -0.2) is 42.2 Å². The molecule has 1 fully saturated rings. The predicted octanol–water partition coefficient (Wildman–Crippen LogP) is 3.12. The first kappa shape index (κ1) is 18.6. The topological polar surface area (TPSA) is 41.6 Å². The molecule has 1 heterocycles. The number of hydrogen-bond donors (Lipinski definition) is 1. The van der Waals surface area contributed by atoms with Crippen molar-refractivity contribution in [3.8, 4) is 5.75 Å². The molecule has 0 saturated carbocycles. The summed E-state index contributed by atoms with van der Waals surface area (Å²) < 4.78 is 44.7. The first-order valence-corrected chi connectivity index (χ1v) is 8.11. The first-order chi connectivity index (χ1) is 11.3. The Morgan fingerprint density at radius 3 is 2.67 bits per heavy atom. The van der Waals surface area contributed by atoms with Crippen molar-refractivity contribution in [3.63, 3.8) is 0 Å². The van der Waals surface area contributed by atoms with Gasteiger partial charge in [-0.2, -0.15) is 13.2 Å². The lowest BCUT2D eigenvalue weighted by Gasteiger charge is -2.40. The molecule has 0 radical (unpaired) electrons. The lowest BCUT2D eigenvalue weighted by molar-refractivity contribution is -0.196. The SMILES string of the molecule is CCOc1ccccc1CNC1CCC(C(F)(F)F)N(C(C)=O)C1. The van der Waals surface area contributed by atoms with Crippen molar-refractivity contribution in [2.75, 3.05) is 13.2 Å². The highest BCUT2D eigenvalue weighted by atomic mass is 19.4. The molecule has 4 nitrogen and oxygen atoms in total. The van der Waals surface area contributed by atoms with E-state index in [-0.39, 0.29) is 19.0 Å². The van der Waals surface area contributed by atoms with Crippen molar-refractivity contribution in [1.82, 2.24) is 10.2 Å². The second-order valence-corrected chi connectivity index (χ2v) is 5.92. The maximum atomic E-state index is 13.0. The Morgan fingerprint density at radius 1 is 1.33 bits per heavy atom. The van der Waals surface area contributed by atoms with Crippen molar-refractivity contribution in [3.05, 3.63) is 29.8 Å². The Kier molecular flexibility index (Phi) is 6.10. The number of hydrogen-bond acceptors (Lipinski definition) is 3. The third kappa shape index (κ3) is 4.63. The van der Waals surface area contributed by atoms with Gasteiger partial charge in [0, 0.05) is 31.6 Å². The summed E-state index contributed by atoms with van der Waals surface area (Å²) in [6.07, 6.45) is -4.07. The van der Waals surface area contributed by atoms with Crippen LogP contribution in [0, 0.1) is 0 Å². The van der Waals surface area contributed by atoms with Crippen LogP contribution in [-0.2, 0) is 11.3 Å². The number of piperidine rings is 1. The zero-order valence-corrected chi connectivity index (χ0v) is 13.9. The van der Waals surface area contributed by atoms with E-state index in [0.717, 1.165) is 16.2 Å². The molecule has 1 aliphatic heterocycles. The molecule has 1 saturated heterocycles. The summed E-state index contributed by atoms with van der Waals surface area (Å²) >= 11 is 0. The highest BCUT2D eigenvalue weighted by Crippen LogP contribution is 2.32. The van der Waals surface area contributed by atoms with E-state index in [9.17, 15) is 18.0 Å². The van der Waals surface area contributed by atoms with Gasteiger partial charge in [0.05, 0.1) is 6.61 Å². The number of alkyl halides is 3. The Morgan fingerprint density at radius 2 is 2.04 bits per heavy atom. The van der Waals surface area contributed by atoms with Crippen molar-refractivity contribution in [2.24, 2.45) is 0 Å². The van der Waals surface area contributed by atoms with Gasteiger partial charge < -0.3 is 15.0 Å². The maximum absolute atomic E-state index is 13.0. The van der Waals surface area contributed by atoms with Crippen LogP contribution < -0.4 is 10.1 Å². The summed E-state index contributed by atoms with van der Waals surface area (Å²) in [4.78, 5) is 12.5. The number of benzene rings is 1. The minimum atomic E-state index is -4.38. The zero-order chi connectivity index (χ0) is 17.7. The number of ether oxygens (including phenoxy) is 1. The molecular formula is C17H23F3N2O2. The number of rotatable bonds is 5. The number of nitrogens with zero attached hydrogens (tertiary/aromatic N) is 1. The molecule has 1 aromatic rings. The molecule has 2 atom stereocenters. The van der Waals surface area contributed by atoms with Gasteiger partial charge in [0.25, 0.3) is 0 Å². The molecule has 1 aliphatic rings. The molecule has 1 amide bonds. The Balaban J connectivity index is 1.99. The second kappa shape index (κ2) is 7.88. The van der Waals surface area contributed by atoms with E-state index < -0.39 is 18.1 Å². The molecule has 1 aromatic carbocycles. The molecule has 2 rings (SSSR count). The molecule has 0 aliphatic carbocycles. The fourth-order valence-corrected chi connectivity index (χ4v) is 3.03. The summed E-state index contributed by atoms with van der Waals surface area (Å²) in [5.41, 5.74) is 0.951. The van der Waals surface area contributed by atoms with Crippen LogP contribution in [0.15, 0.2) is 24.3 Å². The fourth-order valence-electron chi connectivity index (χ4n) is 3.03. The maximum Gasteiger partial charge on any atom is 0.408 e. The summed E-state index contributed by atoms with van der Waals surface area (Å²) in [6.45, 7) is 4.18. The number of likely N-dealkylation sites (tertiary alicyclic amines) is 1. The molecule has 2 unspecified atom stereocenters. The summed E-state index contributed by atoms with van der Waals surface area (Å²) in [5, 5.41) is 3.25. The van der Waals surface area contributed by atoms with Gasteiger partial charge in [0.2, 0.25) is 5.91 Å². The minimum Gasteiger partial charge on any atom is -0.494 e.